The molecule has 39 heavy (non-hydrogen) atoms. The van der Waals surface area contributed by atoms with E-state index in [0.29, 0.717) is 39.7 Å². The van der Waals surface area contributed by atoms with Crippen molar-refractivity contribution in [3.05, 3.63) is 95.1 Å². The van der Waals surface area contributed by atoms with Gasteiger partial charge in [0.25, 0.3) is 5.91 Å². The van der Waals surface area contributed by atoms with Crippen LogP contribution < -0.4 is 26.4 Å². The van der Waals surface area contributed by atoms with Crippen LogP contribution in [0.4, 0.5) is 15.6 Å². The Morgan fingerprint density at radius 2 is 1.72 bits per heavy atom. The molecule has 3 aromatic carbocycles. The number of aryl methyl sites for hydroxylation is 1. The standard InChI is InChI=1S/C29H27N5O4S/c1-17-7-8-21(26(36)32-22-13-14-22)15-23(17)33-28-34-24(19-9-11-20(12-10-19)25(30)35)27(39-28)38-29(37)31-16-18-5-3-2-4-6-18/h2-12,15,22H,13-14,16H2,1H3,(H2,30,35)(H,31,37)(H,32,36)(H,33,34). The number of amides is 3. The van der Waals surface area contributed by atoms with Crippen molar-refractivity contribution < 1.29 is 19.1 Å². The molecule has 9 nitrogen and oxygen atoms in total. The van der Waals surface area contributed by atoms with Crippen molar-refractivity contribution in [2.75, 3.05) is 5.32 Å². The third-order valence-corrected chi connectivity index (χ3v) is 7.01. The van der Waals surface area contributed by atoms with Gasteiger partial charge >= 0.3 is 6.09 Å². The minimum absolute atomic E-state index is 0.117. The van der Waals surface area contributed by atoms with Gasteiger partial charge in [0, 0.05) is 35.0 Å². The number of nitrogens with one attached hydrogen (secondary N) is 3. The fraction of sp³-hybridized carbons (Fsp3) is 0.172. The zero-order valence-electron chi connectivity index (χ0n) is 21.2. The molecule has 1 saturated carbocycles. The first-order valence-corrected chi connectivity index (χ1v) is 13.3. The first-order valence-electron chi connectivity index (χ1n) is 12.4. The van der Waals surface area contributed by atoms with Crippen molar-refractivity contribution >= 4 is 40.1 Å². The van der Waals surface area contributed by atoms with E-state index in [9.17, 15) is 14.4 Å². The van der Waals surface area contributed by atoms with Crippen LogP contribution in [-0.4, -0.2) is 28.9 Å². The average molecular weight is 542 g/mol. The predicted octanol–water partition coefficient (Wildman–Crippen LogP) is 5.14. The zero-order chi connectivity index (χ0) is 27.4. The molecule has 4 aromatic rings. The maximum atomic E-state index is 12.7. The third kappa shape index (κ3) is 6.60. The highest BCUT2D eigenvalue weighted by Gasteiger charge is 2.24. The summed E-state index contributed by atoms with van der Waals surface area (Å²) in [4.78, 5) is 41.4. The van der Waals surface area contributed by atoms with Crippen LogP contribution in [-0.2, 0) is 6.54 Å². The van der Waals surface area contributed by atoms with Gasteiger partial charge in [0.2, 0.25) is 11.0 Å². The molecule has 1 heterocycles. The van der Waals surface area contributed by atoms with E-state index in [1.807, 2.05) is 43.3 Å². The van der Waals surface area contributed by atoms with E-state index < -0.39 is 12.0 Å². The maximum Gasteiger partial charge on any atom is 0.413 e. The molecule has 10 heteroatoms. The van der Waals surface area contributed by atoms with Crippen molar-refractivity contribution in [1.82, 2.24) is 15.6 Å². The summed E-state index contributed by atoms with van der Waals surface area (Å²) in [5, 5.41) is 9.76. The molecule has 1 aromatic heterocycles. The van der Waals surface area contributed by atoms with E-state index in [-0.39, 0.29) is 17.0 Å². The van der Waals surface area contributed by atoms with Gasteiger partial charge in [0.1, 0.15) is 5.69 Å². The largest absolute Gasteiger partial charge is 0.413 e. The summed E-state index contributed by atoms with van der Waals surface area (Å²) in [6.07, 6.45) is 1.39. The lowest BCUT2D eigenvalue weighted by molar-refractivity contribution is 0.0949. The molecule has 1 aliphatic carbocycles. The average Bonchev–Trinajstić information content (AvgIpc) is 3.67. The highest BCUT2D eigenvalue weighted by atomic mass is 32.1. The SMILES string of the molecule is Cc1ccc(C(=O)NC2CC2)cc1Nc1nc(-c2ccc(C(N)=O)cc2)c(OC(=O)NCc2ccccc2)s1. The highest BCUT2D eigenvalue weighted by molar-refractivity contribution is 7.18. The quantitative estimate of drug-likeness (QED) is 0.232. The number of aromatic nitrogens is 1. The third-order valence-electron chi connectivity index (χ3n) is 6.16. The van der Waals surface area contributed by atoms with Crippen molar-refractivity contribution in [1.29, 1.82) is 0 Å². The minimum atomic E-state index is -0.626. The first kappa shape index (κ1) is 25.9. The summed E-state index contributed by atoms with van der Waals surface area (Å²) in [5.74, 6) is -0.658. The monoisotopic (exact) mass is 541 g/mol. The maximum absolute atomic E-state index is 12.7. The van der Waals surface area contributed by atoms with Crippen LogP contribution >= 0.6 is 11.3 Å². The number of anilines is 2. The second-order valence-corrected chi connectivity index (χ2v) is 10.2. The molecule has 0 atom stereocenters. The number of benzene rings is 3. The number of hydrogen-bond donors (Lipinski definition) is 4. The smallest absolute Gasteiger partial charge is 0.397 e. The van der Waals surface area contributed by atoms with Crippen molar-refractivity contribution in [2.24, 2.45) is 5.73 Å². The highest BCUT2D eigenvalue weighted by Crippen LogP contribution is 2.39. The molecule has 198 valence electrons. The van der Waals surface area contributed by atoms with Gasteiger partial charge < -0.3 is 26.4 Å². The topological polar surface area (TPSA) is 135 Å². The molecule has 0 radical (unpaired) electrons. The summed E-state index contributed by atoms with van der Waals surface area (Å²) in [6, 6.07) is 21.8. The van der Waals surface area contributed by atoms with Crippen LogP contribution in [0.2, 0.25) is 0 Å². The molecular formula is C29H27N5O4S. The van der Waals surface area contributed by atoms with Crippen LogP contribution in [0.1, 0.15) is 44.7 Å². The second-order valence-electron chi connectivity index (χ2n) is 9.23. The number of primary amides is 1. The molecule has 5 rings (SSSR count). The van der Waals surface area contributed by atoms with Gasteiger partial charge in [-0.3, -0.25) is 9.59 Å². The number of thiazole rings is 1. The van der Waals surface area contributed by atoms with E-state index in [1.54, 1.807) is 36.4 Å². The first-order chi connectivity index (χ1) is 18.9. The number of nitrogens with zero attached hydrogens (tertiary/aromatic N) is 1. The Hall–Kier alpha value is -4.70. The predicted molar refractivity (Wildman–Crippen MR) is 150 cm³/mol. The van der Waals surface area contributed by atoms with E-state index in [4.69, 9.17) is 10.5 Å². The van der Waals surface area contributed by atoms with Gasteiger partial charge in [0.15, 0.2) is 5.13 Å². The fourth-order valence-corrected chi connectivity index (χ4v) is 4.65. The van der Waals surface area contributed by atoms with Crippen molar-refractivity contribution in [3.8, 4) is 16.3 Å². The van der Waals surface area contributed by atoms with E-state index in [0.717, 1.165) is 35.3 Å². The van der Waals surface area contributed by atoms with Crippen molar-refractivity contribution in [3.63, 3.8) is 0 Å². The molecule has 1 fully saturated rings. The molecule has 0 aliphatic heterocycles. The van der Waals surface area contributed by atoms with E-state index >= 15 is 0 Å². The molecule has 0 spiro atoms. The van der Waals surface area contributed by atoms with Crippen LogP contribution in [0.3, 0.4) is 0 Å². The lowest BCUT2D eigenvalue weighted by Gasteiger charge is -2.10. The van der Waals surface area contributed by atoms with Crippen molar-refractivity contribution in [2.45, 2.75) is 32.4 Å². The molecule has 0 saturated heterocycles. The minimum Gasteiger partial charge on any atom is -0.397 e. The van der Waals surface area contributed by atoms with Crippen LogP contribution in [0.5, 0.6) is 5.06 Å². The van der Waals surface area contributed by atoms with Gasteiger partial charge in [-0.1, -0.05) is 59.9 Å². The Labute approximate surface area is 229 Å². The molecule has 5 N–H and O–H groups in total. The summed E-state index contributed by atoms with van der Waals surface area (Å²) in [7, 11) is 0. The lowest BCUT2D eigenvalue weighted by Crippen LogP contribution is -2.26. The lowest BCUT2D eigenvalue weighted by atomic mass is 10.1. The zero-order valence-corrected chi connectivity index (χ0v) is 22.0. The fourth-order valence-electron chi connectivity index (χ4n) is 3.80. The Kier molecular flexibility index (Phi) is 7.55. The number of nitrogens with two attached hydrogens (primary N) is 1. The molecular weight excluding hydrogens is 514 g/mol. The van der Waals surface area contributed by atoms with Crippen LogP contribution in [0, 0.1) is 6.92 Å². The summed E-state index contributed by atoms with van der Waals surface area (Å²) in [5.41, 5.74) is 9.91. The number of carbonyl (C=O) groups excluding carboxylic acids is 3. The summed E-state index contributed by atoms with van der Waals surface area (Å²) < 4.78 is 5.67. The Morgan fingerprint density at radius 3 is 2.41 bits per heavy atom. The summed E-state index contributed by atoms with van der Waals surface area (Å²) >= 11 is 1.16. The normalized spacial score (nSPS) is 12.4. The van der Waals surface area contributed by atoms with E-state index in [1.165, 1.54) is 0 Å². The summed E-state index contributed by atoms with van der Waals surface area (Å²) in [6.45, 7) is 2.23. The Morgan fingerprint density at radius 1 is 1.00 bits per heavy atom. The number of carbonyl (C=O) groups is 3. The van der Waals surface area contributed by atoms with Gasteiger partial charge in [-0.15, -0.1) is 0 Å². The van der Waals surface area contributed by atoms with Gasteiger partial charge in [0.05, 0.1) is 0 Å². The number of hydrogen-bond acceptors (Lipinski definition) is 7. The Balaban J connectivity index is 1.39. The van der Waals surface area contributed by atoms with Crippen LogP contribution in [0.15, 0.2) is 72.8 Å². The molecule has 0 bridgehead atoms. The van der Waals surface area contributed by atoms with Gasteiger partial charge in [-0.2, -0.15) is 0 Å². The molecule has 1 aliphatic rings. The Bertz CT molecular complexity index is 1510. The van der Waals surface area contributed by atoms with E-state index in [2.05, 4.69) is 20.9 Å². The van der Waals surface area contributed by atoms with Gasteiger partial charge in [-0.05, 0) is 55.2 Å². The number of rotatable bonds is 9. The molecule has 0 unspecified atom stereocenters. The number of ether oxygens (including phenoxy) is 1. The second kappa shape index (κ2) is 11.4. The van der Waals surface area contributed by atoms with Gasteiger partial charge in [-0.25, -0.2) is 9.78 Å². The van der Waals surface area contributed by atoms with Crippen LogP contribution in [0.25, 0.3) is 11.3 Å². The molecule has 3 amide bonds.